The van der Waals surface area contributed by atoms with Crippen LogP contribution < -0.4 is 0 Å². The van der Waals surface area contributed by atoms with E-state index in [1.807, 2.05) is 0 Å². The summed E-state index contributed by atoms with van der Waals surface area (Å²) in [5, 5.41) is 15.2. The number of aromatic nitrogens is 5. The van der Waals surface area contributed by atoms with Crippen LogP contribution in [0.2, 0.25) is 10.3 Å². The van der Waals surface area contributed by atoms with Gasteiger partial charge in [-0.2, -0.15) is 0 Å². The van der Waals surface area contributed by atoms with Gasteiger partial charge in [0.05, 0.1) is 0 Å². The highest BCUT2D eigenvalue weighted by atomic mass is 35.5. The first-order chi connectivity index (χ1) is 5.70. The molecule has 7 heteroatoms. The smallest absolute Gasteiger partial charge is 0.181 e. The van der Waals surface area contributed by atoms with Crippen molar-refractivity contribution in [1.82, 2.24) is 25.2 Å². The molecule has 0 fully saturated rings. The normalized spacial score (nSPS) is 10.9. The fourth-order valence-electron chi connectivity index (χ4n) is 0.910. The zero-order valence-corrected chi connectivity index (χ0v) is 7.50. The van der Waals surface area contributed by atoms with Crippen molar-refractivity contribution in [2.24, 2.45) is 7.05 Å². The van der Waals surface area contributed by atoms with Gasteiger partial charge in [-0.3, -0.25) is 0 Å². The van der Waals surface area contributed by atoms with E-state index in [4.69, 9.17) is 23.2 Å². The van der Waals surface area contributed by atoms with E-state index in [-0.39, 0.29) is 10.3 Å². The highest BCUT2D eigenvalue weighted by Crippen LogP contribution is 2.22. The summed E-state index contributed by atoms with van der Waals surface area (Å²) in [6, 6.07) is 0. The minimum Gasteiger partial charge on any atom is -0.244 e. The maximum atomic E-state index is 5.74. The van der Waals surface area contributed by atoms with Gasteiger partial charge in [0.25, 0.3) is 0 Å². The molecule has 0 saturated heterocycles. The zero-order chi connectivity index (χ0) is 8.72. The molecule has 0 aliphatic carbocycles. The molecule has 0 N–H and O–H groups in total. The second-order valence-electron chi connectivity index (χ2n) is 2.19. The fourth-order valence-corrected chi connectivity index (χ4v) is 1.32. The Hall–Kier alpha value is -0.940. The number of aryl methyl sites for hydroxylation is 1. The number of fused-ring (bicyclic) bond motifs is 1. The van der Waals surface area contributed by atoms with E-state index < -0.39 is 0 Å². The Kier molecular flexibility index (Phi) is 1.62. The molecule has 0 atom stereocenters. The molecule has 2 aromatic heterocycles. The summed E-state index contributed by atoms with van der Waals surface area (Å²) in [6.07, 6.45) is 0. The first kappa shape index (κ1) is 7.70. The first-order valence-electron chi connectivity index (χ1n) is 3.07. The molecule has 0 unspecified atom stereocenters. The maximum Gasteiger partial charge on any atom is 0.181 e. The number of nitrogens with zero attached hydrogens (tertiary/aromatic N) is 5. The van der Waals surface area contributed by atoms with E-state index in [0.29, 0.717) is 11.0 Å². The van der Waals surface area contributed by atoms with Crippen molar-refractivity contribution in [2.45, 2.75) is 0 Å². The van der Waals surface area contributed by atoms with Gasteiger partial charge in [-0.25, -0.2) is 4.68 Å². The quantitative estimate of drug-likeness (QED) is 0.643. The Labute approximate surface area is 77.3 Å². The average molecular weight is 204 g/mol. The lowest BCUT2D eigenvalue weighted by Crippen LogP contribution is -1.92. The number of halogens is 2. The topological polar surface area (TPSA) is 56.5 Å². The second-order valence-corrected chi connectivity index (χ2v) is 2.91. The molecule has 0 radical (unpaired) electrons. The molecule has 0 saturated carbocycles. The second kappa shape index (κ2) is 2.53. The van der Waals surface area contributed by atoms with E-state index in [2.05, 4.69) is 20.5 Å². The monoisotopic (exact) mass is 203 g/mol. The van der Waals surface area contributed by atoms with Gasteiger partial charge in [-0.15, -0.1) is 15.3 Å². The Balaban J connectivity index is 2.98. The van der Waals surface area contributed by atoms with E-state index in [1.54, 1.807) is 7.05 Å². The van der Waals surface area contributed by atoms with Crippen LogP contribution in [0.15, 0.2) is 0 Å². The van der Waals surface area contributed by atoms with Gasteiger partial charge in [0, 0.05) is 7.05 Å². The van der Waals surface area contributed by atoms with Crippen LogP contribution in [0.25, 0.3) is 11.0 Å². The van der Waals surface area contributed by atoms with Crippen LogP contribution in [0.3, 0.4) is 0 Å². The molecule has 2 rings (SSSR count). The van der Waals surface area contributed by atoms with E-state index in [9.17, 15) is 0 Å². The van der Waals surface area contributed by atoms with E-state index in [1.165, 1.54) is 4.68 Å². The standard InChI is InChI=1S/C5H3Cl2N5/c1-12-3-2(8-11-12)4(6)9-10-5(3)7/h1H3. The van der Waals surface area contributed by atoms with Gasteiger partial charge in [0.1, 0.15) is 5.52 Å². The SMILES string of the molecule is Cn1nnc2c(Cl)nnc(Cl)c21. The number of hydrogen-bond donors (Lipinski definition) is 0. The van der Waals surface area contributed by atoms with Crippen LogP contribution >= 0.6 is 23.2 Å². The largest absolute Gasteiger partial charge is 0.244 e. The summed E-state index contributed by atoms with van der Waals surface area (Å²) in [7, 11) is 1.71. The third-order valence-electron chi connectivity index (χ3n) is 1.44. The lowest BCUT2D eigenvalue weighted by atomic mass is 10.5. The van der Waals surface area contributed by atoms with Gasteiger partial charge in [-0.1, -0.05) is 28.4 Å². The van der Waals surface area contributed by atoms with Crippen molar-refractivity contribution in [1.29, 1.82) is 0 Å². The highest BCUT2D eigenvalue weighted by molar-refractivity contribution is 6.37. The maximum absolute atomic E-state index is 5.74. The molecule has 2 heterocycles. The van der Waals surface area contributed by atoms with Gasteiger partial charge in [0.2, 0.25) is 0 Å². The van der Waals surface area contributed by atoms with E-state index >= 15 is 0 Å². The lowest BCUT2D eigenvalue weighted by Gasteiger charge is -1.93. The summed E-state index contributed by atoms with van der Waals surface area (Å²) < 4.78 is 1.50. The van der Waals surface area contributed by atoms with Crippen molar-refractivity contribution >= 4 is 34.2 Å². The van der Waals surface area contributed by atoms with Crippen LogP contribution in [0.5, 0.6) is 0 Å². The van der Waals surface area contributed by atoms with Crippen LogP contribution in [0.4, 0.5) is 0 Å². The van der Waals surface area contributed by atoms with Crippen molar-refractivity contribution in [2.75, 3.05) is 0 Å². The molecule has 12 heavy (non-hydrogen) atoms. The number of rotatable bonds is 0. The molecule has 2 aromatic rings. The Morgan fingerprint density at radius 3 is 2.42 bits per heavy atom. The van der Waals surface area contributed by atoms with Gasteiger partial charge >= 0.3 is 0 Å². The molecule has 0 aliphatic rings. The Morgan fingerprint density at radius 2 is 1.75 bits per heavy atom. The molecule has 0 aliphatic heterocycles. The van der Waals surface area contributed by atoms with Crippen LogP contribution in [0.1, 0.15) is 0 Å². The molecule has 0 aromatic carbocycles. The minimum atomic E-state index is 0.211. The fraction of sp³-hybridized carbons (Fsp3) is 0.200. The molecule has 5 nitrogen and oxygen atoms in total. The summed E-state index contributed by atoms with van der Waals surface area (Å²) in [6.45, 7) is 0. The molecular formula is C5H3Cl2N5. The Morgan fingerprint density at radius 1 is 1.08 bits per heavy atom. The molecule has 62 valence electrons. The van der Waals surface area contributed by atoms with Crippen LogP contribution in [-0.2, 0) is 7.05 Å². The molecular weight excluding hydrogens is 201 g/mol. The Bertz CT molecular complexity index is 437. The van der Waals surface area contributed by atoms with Gasteiger partial charge in [-0.05, 0) is 0 Å². The minimum absolute atomic E-state index is 0.211. The predicted molar refractivity (Wildman–Crippen MR) is 44.1 cm³/mol. The lowest BCUT2D eigenvalue weighted by molar-refractivity contribution is 0.735. The third kappa shape index (κ3) is 0.937. The van der Waals surface area contributed by atoms with Gasteiger partial charge in [0.15, 0.2) is 15.8 Å². The number of hydrogen-bond acceptors (Lipinski definition) is 4. The van der Waals surface area contributed by atoms with Crippen LogP contribution in [0, 0.1) is 0 Å². The summed E-state index contributed by atoms with van der Waals surface area (Å²) in [5.74, 6) is 0. The highest BCUT2D eigenvalue weighted by Gasteiger charge is 2.11. The molecule has 0 bridgehead atoms. The zero-order valence-electron chi connectivity index (χ0n) is 5.99. The molecule has 0 spiro atoms. The molecule has 0 amide bonds. The van der Waals surface area contributed by atoms with Crippen molar-refractivity contribution < 1.29 is 0 Å². The summed E-state index contributed by atoms with van der Waals surface area (Å²) in [5.41, 5.74) is 1.07. The van der Waals surface area contributed by atoms with Crippen molar-refractivity contribution in [3.8, 4) is 0 Å². The first-order valence-corrected chi connectivity index (χ1v) is 3.83. The average Bonchev–Trinajstić information content (AvgIpc) is 2.42. The summed E-state index contributed by atoms with van der Waals surface area (Å²) in [4.78, 5) is 0. The van der Waals surface area contributed by atoms with Crippen molar-refractivity contribution in [3.63, 3.8) is 0 Å². The van der Waals surface area contributed by atoms with Crippen LogP contribution in [-0.4, -0.2) is 25.2 Å². The van der Waals surface area contributed by atoms with Crippen molar-refractivity contribution in [3.05, 3.63) is 10.3 Å². The predicted octanol–water partition coefficient (Wildman–Crippen LogP) is 1.07. The third-order valence-corrected chi connectivity index (χ3v) is 1.95. The van der Waals surface area contributed by atoms with Gasteiger partial charge < -0.3 is 0 Å². The summed E-state index contributed by atoms with van der Waals surface area (Å²) >= 11 is 11.4. The van der Waals surface area contributed by atoms with E-state index in [0.717, 1.165) is 0 Å².